The lowest BCUT2D eigenvalue weighted by molar-refractivity contribution is -0.137. The van der Waals surface area contributed by atoms with Crippen LogP contribution in [-0.4, -0.2) is 12.6 Å². The molecule has 0 spiro atoms. The van der Waals surface area contributed by atoms with Gasteiger partial charge in [0.1, 0.15) is 0 Å². The Morgan fingerprint density at radius 1 is 1.12 bits per heavy atom. The number of carbonyl (C=O) groups excluding carboxylic acids is 1. The molecule has 0 saturated carbocycles. The number of esters is 1. The van der Waals surface area contributed by atoms with E-state index >= 15 is 0 Å². The Morgan fingerprint density at radius 2 is 1.88 bits per heavy atom. The van der Waals surface area contributed by atoms with Gasteiger partial charge in [-0.25, -0.2) is 4.79 Å². The summed E-state index contributed by atoms with van der Waals surface area (Å²) in [5, 5.41) is 0. The highest BCUT2D eigenvalue weighted by Crippen LogP contribution is 2.46. The molecule has 0 saturated heterocycles. The number of carbonyl (C=O) groups is 1. The summed E-state index contributed by atoms with van der Waals surface area (Å²) in [6.45, 7) is 10.8. The Balaban J connectivity index is 1.86. The first kappa shape index (κ1) is 23.9. The minimum atomic E-state index is -0.303. The first-order valence-electron chi connectivity index (χ1n) is 11.1. The van der Waals surface area contributed by atoms with Gasteiger partial charge in [-0.05, 0) is 78.6 Å². The highest BCUT2D eigenvalue weighted by Gasteiger charge is 2.28. The van der Waals surface area contributed by atoms with Crippen LogP contribution in [0.15, 0.2) is 89.4 Å². The van der Waals surface area contributed by atoms with E-state index in [2.05, 4.69) is 81.5 Å². The van der Waals surface area contributed by atoms with Gasteiger partial charge in [0.15, 0.2) is 0 Å². The molecule has 0 aromatic heterocycles. The number of allylic oxidation sites excluding steroid dienone is 6. The van der Waals surface area contributed by atoms with Gasteiger partial charge < -0.3 is 4.74 Å². The molecule has 1 aliphatic carbocycles. The number of rotatable bonds is 7. The molecule has 0 bridgehead atoms. The number of ether oxygens (including phenoxy) is 1. The van der Waals surface area contributed by atoms with Crippen LogP contribution in [0.1, 0.15) is 57.7 Å². The van der Waals surface area contributed by atoms with Gasteiger partial charge in [-0.15, -0.1) is 0 Å². The molecule has 0 atom stereocenters. The Labute approximate surface area is 196 Å². The van der Waals surface area contributed by atoms with Crippen LogP contribution in [0.5, 0.6) is 0 Å². The first-order chi connectivity index (χ1) is 15.3. The molecule has 166 valence electrons. The van der Waals surface area contributed by atoms with Crippen LogP contribution in [0.4, 0.5) is 0 Å². The second-order valence-electron chi connectivity index (χ2n) is 8.68. The molecule has 0 radical (unpaired) electrons. The van der Waals surface area contributed by atoms with Crippen molar-refractivity contribution in [3.8, 4) is 0 Å². The molecule has 3 rings (SSSR count). The van der Waals surface area contributed by atoms with Crippen LogP contribution in [0.2, 0.25) is 0 Å². The molecule has 32 heavy (non-hydrogen) atoms. The van der Waals surface area contributed by atoms with Crippen LogP contribution in [0.25, 0.3) is 10.5 Å². The van der Waals surface area contributed by atoms with E-state index in [0.29, 0.717) is 6.61 Å². The molecular formula is C29H32O2S. The van der Waals surface area contributed by atoms with E-state index in [9.17, 15) is 4.79 Å². The molecule has 0 amide bonds. The van der Waals surface area contributed by atoms with Crippen molar-refractivity contribution in [3.05, 3.63) is 101 Å². The Kier molecular flexibility index (Phi) is 7.98. The Morgan fingerprint density at radius 3 is 2.59 bits per heavy atom. The second-order valence-corrected chi connectivity index (χ2v) is 9.80. The third-order valence-corrected chi connectivity index (χ3v) is 6.69. The van der Waals surface area contributed by atoms with Gasteiger partial charge >= 0.3 is 5.97 Å². The molecule has 2 aromatic carbocycles. The lowest BCUT2D eigenvalue weighted by Gasteiger charge is -2.32. The molecule has 2 nitrogen and oxygen atoms in total. The maximum atomic E-state index is 11.6. The standard InChI is InChI=1S/C29H32O2S/c1-6-31-28(30)19-21(2)11-10-12-22(3)23-15-16-26-25(20-23)27(17-18-29(26,4)5)32-24-13-8-7-9-14-24/h7-17,19-20H,6,18H2,1-5H3/b11-10+,21-19-,22-12+. The summed E-state index contributed by atoms with van der Waals surface area (Å²) in [6, 6.07) is 17.4. The average Bonchev–Trinajstić information content (AvgIpc) is 2.76. The van der Waals surface area contributed by atoms with E-state index in [1.54, 1.807) is 0 Å². The van der Waals surface area contributed by atoms with Gasteiger partial charge in [0.2, 0.25) is 0 Å². The van der Waals surface area contributed by atoms with Gasteiger partial charge in [-0.2, -0.15) is 0 Å². The third kappa shape index (κ3) is 6.14. The largest absolute Gasteiger partial charge is 0.463 e. The Hall–Kier alpha value is -2.78. The van der Waals surface area contributed by atoms with Crippen molar-refractivity contribution in [2.24, 2.45) is 0 Å². The van der Waals surface area contributed by atoms with E-state index < -0.39 is 0 Å². The van der Waals surface area contributed by atoms with Crippen molar-refractivity contribution < 1.29 is 9.53 Å². The van der Waals surface area contributed by atoms with Crippen molar-refractivity contribution in [2.75, 3.05) is 6.61 Å². The summed E-state index contributed by atoms with van der Waals surface area (Å²) >= 11 is 1.84. The maximum absolute atomic E-state index is 11.6. The minimum absolute atomic E-state index is 0.126. The minimum Gasteiger partial charge on any atom is -0.463 e. The maximum Gasteiger partial charge on any atom is 0.330 e. The van der Waals surface area contributed by atoms with Gasteiger partial charge in [-0.3, -0.25) is 0 Å². The smallest absolute Gasteiger partial charge is 0.330 e. The van der Waals surface area contributed by atoms with Crippen molar-refractivity contribution in [3.63, 3.8) is 0 Å². The average molecular weight is 445 g/mol. The SMILES string of the molecule is CCOC(=O)\C=C(C)/C=C/C=C(\C)c1ccc2c(c1)C(Sc1ccccc1)=CCC2(C)C. The summed E-state index contributed by atoms with van der Waals surface area (Å²) in [7, 11) is 0. The lowest BCUT2D eigenvalue weighted by atomic mass is 9.75. The predicted molar refractivity (Wildman–Crippen MR) is 138 cm³/mol. The van der Waals surface area contributed by atoms with Gasteiger partial charge in [-0.1, -0.05) is 80.2 Å². The van der Waals surface area contributed by atoms with Crippen LogP contribution in [0, 0.1) is 0 Å². The number of benzene rings is 2. The first-order valence-corrected chi connectivity index (χ1v) is 11.9. The van der Waals surface area contributed by atoms with Crippen LogP contribution in [0.3, 0.4) is 0 Å². The van der Waals surface area contributed by atoms with Crippen molar-refractivity contribution >= 4 is 28.2 Å². The molecule has 3 heteroatoms. The monoisotopic (exact) mass is 444 g/mol. The van der Waals surface area contributed by atoms with E-state index in [1.807, 2.05) is 37.8 Å². The topological polar surface area (TPSA) is 26.3 Å². The highest BCUT2D eigenvalue weighted by atomic mass is 32.2. The Bertz CT molecular complexity index is 1090. The van der Waals surface area contributed by atoms with Crippen LogP contribution >= 0.6 is 11.8 Å². The molecule has 0 heterocycles. The molecule has 1 aliphatic rings. The van der Waals surface area contributed by atoms with Gasteiger partial charge in [0.05, 0.1) is 6.61 Å². The van der Waals surface area contributed by atoms with Gasteiger partial charge in [0.25, 0.3) is 0 Å². The summed E-state index contributed by atoms with van der Waals surface area (Å²) in [6.07, 6.45) is 10.9. The summed E-state index contributed by atoms with van der Waals surface area (Å²) < 4.78 is 4.96. The zero-order chi connectivity index (χ0) is 23.1. The summed E-state index contributed by atoms with van der Waals surface area (Å²) in [5.41, 5.74) is 6.10. The lowest BCUT2D eigenvalue weighted by Crippen LogP contribution is -2.21. The molecule has 0 N–H and O–H groups in total. The predicted octanol–water partition coefficient (Wildman–Crippen LogP) is 7.97. The third-order valence-electron chi connectivity index (χ3n) is 5.58. The van der Waals surface area contributed by atoms with Crippen molar-refractivity contribution in [1.29, 1.82) is 0 Å². The van der Waals surface area contributed by atoms with E-state index in [-0.39, 0.29) is 11.4 Å². The van der Waals surface area contributed by atoms with Crippen LogP contribution in [-0.2, 0) is 14.9 Å². The fourth-order valence-electron chi connectivity index (χ4n) is 3.72. The fourth-order valence-corrected chi connectivity index (χ4v) is 4.71. The van der Waals surface area contributed by atoms with E-state index in [0.717, 1.165) is 12.0 Å². The number of fused-ring (bicyclic) bond motifs is 1. The fraction of sp³-hybridized carbons (Fsp3) is 0.276. The molecular weight excluding hydrogens is 412 g/mol. The number of hydrogen-bond donors (Lipinski definition) is 0. The summed E-state index contributed by atoms with van der Waals surface area (Å²) in [4.78, 5) is 14.1. The van der Waals surface area contributed by atoms with Crippen LogP contribution < -0.4 is 0 Å². The molecule has 0 unspecified atom stereocenters. The van der Waals surface area contributed by atoms with Gasteiger partial charge in [0, 0.05) is 15.9 Å². The van der Waals surface area contributed by atoms with Crippen molar-refractivity contribution in [2.45, 2.75) is 51.3 Å². The number of thioether (sulfide) groups is 1. The van der Waals surface area contributed by atoms with E-state index in [1.165, 1.54) is 38.1 Å². The summed E-state index contributed by atoms with van der Waals surface area (Å²) in [5.74, 6) is -0.303. The quantitative estimate of drug-likeness (QED) is 0.246. The van der Waals surface area contributed by atoms with E-state index in [4.69, 9.17) is 4.74 Å². The molecule has 0 fully saturated rings. The molecule has 0 aliphatic heterocycles. The molecule has 2 aromatic rings. The van der Waals surface area contributed by atoms with Crippen molar-refractivity contribution in [1.82, 2.24) is 0 Å². The second kappa shape index (κ2) is 10.7. The zero-order valence-corrected chi connectivity index (χ0v) is 20.5. The number of hydrogen-bond acceptors (Lipinski definition) is 3. The zero-order valence-electron chi connectivity index (χ0n) is 19.6. The highest BCUT2D eigenvalue weighted by molar-refractivity contribution is 8.08. The normalized spacial score (nSPS) is 16.0.